The summed E-state index contributed by atoms with van der Waals surface area (Å²) in [5.74, 6) is 0.818. The first-order valence-electron chi connectivity index (χ1n) is 5.32. The molecule has 0 fully saturated rings. The van der Waals surface area contributed by atoms with Crippen LogP contribution in [0.1, 0.15) is 5.56 Å². The number of aromatic amines is 1. The fourth-order valence-corrected chi connectivity index (χ4v) is 1.94. The number of imidazole rings is 1. The Bertz CT molecular complexity index is 688. The molecule has 0 aliphatic rings. The maximum absolute atomic E-state index is 5.83. The molecule has 0 amide bonds. The molecule has 2 heterocycles. The zero-order chi connectivity index (χ0) is 11.8. The third-order valence-corrected chi connectivity index (χ3v) is 2.81. The van der Waals surface area contributed by atoms with Gasteiger partial charge >= 0.3 is 0 Å². The van der Waals surface area contributed by atoms with E-state index in [1.807, 2.05) is 18.2 Å². The average Bonchev–Trinajstić information content (AvgIpc) is 2.72. The van der Waals surface area contributed by atoms with Gasteiger partial charge < -0.3 is 4.98 Å². The van der Waals surface area contributed by atoms with Crippen LogP contribution in [0.15, 0.2) is 36.4 Å². The number of aromatic nitrogens is 3. The molecule has 0 radical (unpaired) electrons. The summed E-state index contributed by atoms with van der Waals surface area (Å²) in [5.41, 5.74) is 3.80. The first-order valence-corrected chi connectivity index (χ1v) is 5.69. The summed E-state index contributed by atoms with van der Waals surface area (Å²) in [5, 5.41) is 0.458. The Kier molecular flexibility index (Phi) is 2.34. The molecule has 0 saturated carbocycles. The van der Waals surface area contributed by atoms with Crippen molar-refractivity contribution >= 4 is 22.8 Å². The topological polar surface area (TPSA) is 41.6 Å². The van der Waals surface area contributed by atoms with Gasteiger partial charge in [0.15, 0.2) is 5.65 Å². The molecule has 0 bridgehead atoms. The fourth-order valence-electron chi connectivity index (χ4n) is 1.80. The smallest absolute Gasteiger partial charge is 0.179 e. The summed E-state index contributed by atoms with van der Waals surface area (Å²) in [6.45, 7) is 2.06. The quantitative estimate of drug-likeness (QED) is 0.664. The highest BCUT2D eigenvalue weighted by Crippen LogP contribution is 2.21. The highest BCUT2D eigenvalue weighted by atomic mass is 35.5. The second kappa shape index (κ2) is 3.86. The van der Waals surface area contributed by atoms with Gasteiger partial charge in [0.25, 0.3) is 0 Å². The lowest BCUT2D eigenvalue weighted by atomic mass is 10.1. The molecule has 0 unspecified atom stereocenters. The zero-order valence-electron chi connectivity index (χ0n) is 9.24. The maximum atomic E-state index is 5.83. The standard InChI is InChI=1S/C13H10ClN3/c1-8-3-2-4-9(7-8)12-15-10-5-6-11(14)16-13(10)17-12/h2-7H,1H3,(H,15,16,17). The SMILES string of the molecule is Cc1cccc(-c2nc3nc(Cl)ccc3[nH]2)c1. The van der Waals surface area contributed by atoms with Gasteiger partial charge in [0.05, 0.1) is 5.52 Å². The van der Waals surface area contributed by atoms with Crippen molar-refractivity contribution < 1.29 is 0 Å². The van der Waals surface area contributed by atoms with Crippen molar-refractivity contribution in [3.63, 3.8) is 0 Å². The van der Waals surface area contributed by atoms with Gasteiger partial charge in [0.2, 0.25) is 0 Å². The zero-order valence-corrected chi connectivity index (χ0v) is 9.99. The van der Waals surface area contributed by atoms with Crippen molar-refractivity contribution in [2.24, 2.45) is 0 Å². The molecule has 0 aliphatic carbocycles. The van der Waals surface area contributed by atoms with Crippen molar-refractivity contribution in [1.29, 1.82) is 0 Å². The molecule has 0 saturated heterocycles. The molecule has 3 rings (SSSR count). The Morgan fingerprint density at radius 2 is 2.00 bits per heavy atom. The van der Waals surface area contributed by atoms with Crippen molar-refractivity contribution in [3.8, 4) is 11.4 Å². The fraction of sp³-hybridized carbons (Fsp3) is 0.0769. The molecule has 0 aliphatic heterocycles. The third kappa shape index (κ3) is 1.89. The molecule has 4 heteroatoms. The van der Waals surface area contributed by atoms with E-state index in [-0.39, 0.29) is 0 Å². The van der Waals surface area contributed by atoms with E-state index in [1.54, 1.807) is 6.07 Å². The van der Waals surface area contributed by atoms with Crippen molar-refractivity contribution in [2.45, 2.75) is 6.92 Å². The second-order valence-corrected chi connectivity index (χ2v) is 4.35. The number of nitrogens with zero attached hydrogens (tertiary/aromatic N) is 2. The number of hydrogen-bond acceptors (Lipinski definition) is 2. The van der Waals surface area contributed by atoms with Crippen LogP contribution in [-0.2, 0) is 0 Å². The van der Waals surface area contributed by atoms with Gasteiger partial charge in [-0.05, 0) is 25.1 Å². The van der Waals surface area contributed by atoms with Crippen LogP contribution in [0, 0.1) is 6.92 Å². The molecule has 2 aromatic heterocycles. The highest BCUT2D eigenvalue weighted by Gasteiger charge is 2.06. The van der Waals surface area contributed by atoms with E-state index in [0.29, 0.717) is 10.8 Å². The largest absolute Gasteiger partial charge is 0.337 e. The molecule has 3 nitrogen and oxygen atoms in total. The first kappa shape index (κ1) is 10.3. The molecule has 1 N–H and O–H groups in total. The predicted octanol–water partition coefficient (Wildman–Crippen LogP) is 3.59. The maximum Gasteiger partial charge on any atom is 0.179 e. The minimum atomic E-state index is 0.458. The van der Waals surface area contributed by atoms with Crippen molar-refractivity contribution in [1.82, 2.24) is 15.0 Å². The van der Waals surface area contributed by atoms with Crippen molar-refractivity contribution in [3.05, 3.63) is 47.1 Å². The number of hydrogen-bond donors (Lipinski definition) is 1. The van der Waals surface area contributed by atoms with Crippen LogP contribution in [0.4, 0.5) is 0 Å². The van der Waals surface area contributed by atoms with Crippen LogP contribution in [0.3, 0.4) is 0 Å². The summed E-state index contributed by atoms with van der Waals surface area (Å²) >= 11 is 5.83. The van der Waals surface area contributed by atoms with Gasteiger partial charge in [0.1, 0.15) is 11.0 Å². The monoisotopic (exact) mass is 243 g/mol. The van der Waals surface area contributed by atoms with Crippen LogP contribution < -0.4 is 0 Å². The number of H-pyrrole nitrogens is 1. The minimum absolute atomic E-state index is 0.458. The van der Waals surface area contributed by atoms with Gasteiger partial charge in [-0.2, -0.15) is 0 Å². The van der Waals surface area contributed by atoms with Crippen LogP contribution in [0.25, 0.3) is 22.6 Å². The average molecular weight is 244 g/mol. The van der Waals surface area contributed by atoms with E-state index in [4.69, 9.17) is 11.6 Å². The van der Waals surface area contributed by atoms with Gasteiger partial charge in [0, 0.05) is 5.56 Å². The minimum Gasteiger partial charge on any atom is -0.337 e. The number of aryl methyl sites for hydroxylation is 1. The molecule has 3 aromatic rings. The number of nitrogens with one attached hydrogen (secondary N) is 1. The van der Waals surface area contributed by atoms with Gasteiger partial charge in [-0.3, -0.25) is 0 Å². The molecular weight excluding hydrogens is 234 g/mol. The van der Waals surface area contributed by atoms with Crippen LogP contribution in [-0.4, -0.2) is 15.0 Å². The van der Waals surface area contributed by atoms with Crippen LogP contribution >= 0.6 is 11.6 Å². The molecule has 0 spiro atoms. The van der Waals surface area contributed by atoms with E-state index in [1.165, 1.54) is 5.56 Å². The molecule has 0 atom stereocenters. The molecule has 84 valence electrons. The lowest BCUT2D eigenvalue weighted by Crippen LogP contribution is -1.81. The third-order valence-electron chi connectivity index (χ3n) is 2.60. The summed E-state index contributed by atoms with van der Waals surface area (Å²) in [7, 11) is 0. The van der Waals surface area contributed by atoms with Gasteiger partial charge in [-0.25, -0.2) is 9.97 Å². The van der Waals surface area contributed by atoms with Gasteiger partial charge in [-0.1, -0.05) is 35.4 Å². The van der Waals surface area contributed by atoms with Crippen molar-refractivity contribution in [2.75, 3.05) is 0 Å². The number of fused-ring (bicyclic) bond motifs is 1. The van der Waals surface area contributed by atoms with E-state index in [0.717, 1.165) is 16.9 Å². The number of rotatable bonds is 1. The Morgan fingerprint density at radius 1 is 1.12 bits per heavy atom. The van der Waals surface area contributed by atoms with E-state index in [2.05, 4.69) is 34.0 Å². The molecular formula is C13H10ClN3. The predicted molar refractivity (Wildman–Crippen MR) is 69.1 cm³/mol. The summed E-state index contributed by atoms with van der Waals surface area (Å²) < 4.78 is 0. The second-order valence-electron chi connectivity index (χ2n) is 3.96. The highest BCUT2D eigenvalue weighted by molar-refractivity contribution is 6.29. The van der Waals surface area contributed by atoms with E-state index in [9.17, 15) is 0 Å². The lowest BCUT2D eigenvalue weighted by Gasteiger charge is -1.97. The number of pyridine rings is 1. The Morgan fingerprint density at radius 3 is 2.82 bits per heavy atom. The van der Waals surface area contributed by atoms with E-state index >= 15 is 0 Å². The lowest BCUT2D eigenvalue weighted by molar-refractivity contribution is 1.29. The summed E-state index contributed by atoms with van der Waals surface area (Å²) in [6, 6.07) is 11.8. The molecule has 1 aromatic carbocycles. The van der Waals surface area contributed by atoms with Crippen LogP contribution in [0.2, 0.25) is 5.15 Å². The Labute approximate surface area is 103 Å². The molecule has 17 heavy (non-hydrogen) atoms. The van der Waals surface area contributed by atoms with Crippen LogP contribution in [0.5, 0.6) is 0 Å². The Balaban J connectivity index is 2.18. The number of benzene rings is 1. The first-order chi connectivity index (χ1) is 8.22. The normalized spacial score (nSPS) is 10.9. The van der Waals surface area contributed by atoms with E-state index < -0.39 is 0 Å². The summed E-state index contributed by atoms with van der Waals surface area (Å²) in [6.07, 6.45) is 0. The van der Waals surface area contributed by atoms with Gasteiger partial charge in [-0.15, -0.1) is 0 Å². The number of halogens is 1. The summed E-state index contributed by atoms with van der Waals surface area (Å²) in [4.78, 5) is 11.8. The Hall–Kier alpha value is -1.87.